The Kier molecular flexibility index (Phi) is 4.84. The summed E-state index contributed by atoms with van der Waals surface area (Å²) in [6, 6.07) is 10.6. The van der Waals surface area contributed by atoms with E-state index in [9.17, 15) is 0 Å². The highest BCUT2D eigenvalue weighted by Crippen LogP contribution is 2.31. The van der Waals surface area contributed by atoms with Gasteiger partial charge in [0.15, 0.2) is 0 Å². The van der Waals surface area contributed by atoms with Crippen molar-refractivity contribution in [1.82, 2.24) is 0 Å². The highest BCUT2D eigenvalue weighted by atomic mass is 32.1. The second kappa shape index (κ2) is 6.42. The van der Waals surface area contributed by atoms with Crippen LogP contribution in [0.25, 0.3) is 0 Å². The van der Waals surface area contributed by atoms with E-state index in [1.807, 2.05) is 0 Å². The first-order valence-corrected chi connectivity index (χ1v) is 7.88. The first-order chi connectivity index (χ1) is 9.49. The summed E-state index contributed by atoms with van der Waals surface area (Å²) in [5, 5.41) is 0. The van der Waals surface area contributed by atoms with Gasteiger partial charge in [-0.2, -0.15) is 0 Å². The molecular weight excluding hydrogens is 266 g/mol. The van der Waals surface area contributed by atoms with Gasteiger partial charge in [-0.3, -0.25) is 0 Å². The molecule has 0 fully saturated rings. The van der Waals surface area contributed by atoms with Gasteiger partial charge in [0, 0.05) is 15.8 Å². The molecule has 3 heteroatoms. The predicted octanol–water partition coefficient (Wildman–Crippen LogP) is 4.53. The van der Waals surface area contributed by atoms with Crippen molar-refractivity contribution in [3.05, 3.63) is 51.2 Å². The predicted molar refractivity (Wildman–Crippen MR) is 86.6 cm³/mol. The van der Waals surface area contributed by atoms with E-state index < -0.39 is 0 Å². The number of hydrogen-bond acceptors (Lipinski definition) is 3. The third-order valence-electron chi connectivity index (χ3n) is 3.36. The quantitative estimate of drug-likeness (QED) is 0.877. The minimum atomic E-state index is -0.0695. The Labute approximate surface area is 125 Å². The minimum Gasteiger partial charge on any atom is -0.483 e. The summed E-state index contributed by atoms with van der Waals surface area (Å²) in [5.41, 5.74) is 8.69. The largest absolute Gasteiger partial charge is 0.483 e. The molecular formula is C17H23NOS. The van der Waals surface area contributed by atoms with Crippen molar-refractivity contribution >= 4 is 11.3 Å². The van der Waals surface area contributed by atoms with E-state index in [4.69, 9.17) is 10.5 Å². The average Bonchev–Trinajstić information content (AvgIpc) is 2.80. The number of nitrogens with two attached hydrogens (primary N) is 1. The zero-order valence-electron chi connectivity index (χ0n) is 12.6. The molecule has 1 heterocycles. The van der Waals surface area contributed by atoms with E-state index in [1.54, 1.807) is 11.3 Å². The van der Waals surface area contributed by atoms with Crippen molar-refractivity contribution in [2.75, 3.05) is 0 Å². The van der Waals surface area contributed by atoms with Crippen LogP contribution in [0.2, 0.25) is 0 Å². The summed E-state index contributed by atoms with van der Waals surface area (Å²) in [6.45, 7) is 8.39. The van der Waals surface area contributed by atoms with Crippen LogP contribution in [0.5, 0.6) is 5.75 Å². The van der Waals surface area contributed by atoms with Crippen LogP contribution in [-0.4, -0.2) is 6.04 Å². The first-order valence-electron chi connectivity index (χ1n) is 7.06. The highest BCUT2D eigenvalue weighted by Gasteiger charge is 2.22. The van der Waals surface area contributed by atoms with Crippen molar-refractivity contribution in [2.24, 2.45) is 5.73 Å². The lowest BCUT2D eigenvalue weighted by Crippen LogP contribution is -2.30. The Morgan fingerprint density at radius 1 is 1.10 bits per heavy atom. The molecule has 1 aromatic heterocycles. The number of hydrogen-bond donors (Lipinski definition) is 1. The Bertz CT molecular complexity index is 556. The summed E-state index contributed by atoms with van der Waals surface area (Å²) < 4.78 is 6.21. The van der Waals surface area contributed by atoms with Crippen LogP contribution >= 0.6 is 11.3 Å². The molecule has 2 unspecified atom stereocenters. The fraction of sp³-hybridized carbons (Fsp3) is 0.412. The van der Waals surface area contributed by atoms with E-state index in [2.05, 4.69) is 58.0 Å². The van der Waals surface area contributed by atoms with Gasteiger partial charge < -0.3 is 10.5 Å². The molecule has 0 bridgehead atoms. The number of thiophene rings is 1. The molecule has 0 radical (unpaired) electrons. The van der Waals surface area contributed by atoms with Gasteiger partial charge in [0.1, 0.15) is 11.9 Å². The summed E-state index contributed by atoms with van der Waals surface area (Å²) in [5.74, 6) is 0.905. The van der Waals surface area contributed by atoms with Crippen LogP contribution in [0.15, 0.2) is 30.3 Å². The van der Waals surface area contributed by atoms with Crippen LogP contribution in [0, 0.1) is 20.8 Å². The normalized spacial score (nSPS) is 14.1. The fourth-order valence-electron chi connectivity index (χ4n) is 2.32. The molecule has 2 rings (SSSR count). The van der Waals surface area contributed by atoms with Crippen molar-refractivity contribution in [2.45, 2.75) is 46.3 Å². The molecule has 2 aromatic rings. The van der Waals surface area contributed by atoms with Gasteiger partial charge in [-0.25, -0.2) is 0 Å². The highest BCUT2D eigenvalue weighted by molar-refractivity contribution is 7.12. The van der Waals surface area contributed by atoms with Gasteiger partial charge >= 0.3 is 0 Å². The van der Waals surface area contributed by atoms with Gasteiger partial charge in [-0.05, 0) is 62.6 Å². The third kappa shape index (κ3) is 3.62. The second-order valence-electron chi connectivity index (χ2n) is 5.38. The van der Waals surface area contributed by atoms with E-state index in [0.717, 1.165) is 12.2 Å². The van der Waals surface area contributed by atoms with E-state index in [1.165, 1.54) is 20.9 Å². The lowest BCUT2D eigenvalue weighted by Gasteiger charge is -2.24. The fourth-order valence-corrected chi connectivity index (χ4v) is 3.31. The Balaban J connectivity index is 2.28. The summed E-state index contributed by atoms with van der Waals surface area (Å²) in [4.78, 5) is 2.49. The maximum Gasteiger partial charge on any atom is 0.148 e. The Hall–Kier alpha value is -1.32. The monoisotopic (exact) mass is 289 g/mol. The number of aryl methyl sites for hydroxylation is 3. The van der Waals surface area contributed by atoms with Gasteiger partial charge in [-0.1, -0.05) is 13.0 Å². The molecule has 0 saturated heterocycles. The zero-order chi connectivity index (χ0) is 14.7. The van der Waals surface area contributed by atoms with Crippen LogP contribution in [0.3, 0.4) is 0 Å². The van der Waals surface area contributed by atoms with Crippen LogP contribution in [-0.2, 0) is 0 Å². The smallest absolute Gasteiger partial charge is 0.148 e. The number of ether oxygens (including phenoxy) is 1. The van der Waals surface area contributed by atoms with Crippen LogP contribution < -0.4 is 10.5 Å². The number of rotatable bonds is 5. The third-order valence-corrected chi connectivity index (χ3v) is 4.42. The van der Waals surface area contributed by atoms with Crippen molar-refractivity contribution < 1.29 is 4.74 Å². The molecule has 1 aromatic carbocycles. The molecule has 0 spiro atoms. The molecule has 2 N–H and O–H groups in total. The molecule has 0 aliphatic heterocycles. The molecule has 0 aliphatic rings. The lowest BCUT2D eigenvalue weighted by atomic mass is 10.1. The molecule has 0 amide bonds. The SMILES string of the molecule is CCC(N)C(Oc1cc(C)cc(C)c1)c1ccc(C)s1. The molecule has 20 heavy (non-hydrogen) atoms. The maximum absolute atomic E-state index is 6.26. The van der Waals surface area contributed by atoms with E-state index in [0.29, 0.717) is 0 Å². The summed E-state index contributed by atoms with van der Waals surface area (Å²) in [6.07, 6.45) is 0.826. The lowest BCUT2D eigenvalue weighted by molar-refractivity contribution is 0.174. The van der Waals surface area contributed by atoms with Crippen molar-refractivity contribution in [3.63, 3.8) is 0 Å². The minimum absolute atomic E-state index is 0.00821. The molecule has 2 nitrogen and oxygen atoms in total. The summed E-state index contributed by atoms with van der Waals surface area (Å²) in [7, 11) is 0. The standard InChI is InChI=1S/C17H23NOS/c1-5-15(18)17(16-7-6-13(4)20-16)19-14-9-11(2)8-12(3)10-14/h6-10,15,17H,5,18H2,1-4H3. The van der Waals surface area contributed by atoms with Gasteiger partial charge in [0.25, 0.3) is 0 Å². The first kappa shape index (κ1) is 15.1. The van der Waals surface area contributed by atoms with Gasteiger partial charge in [-0.15, -0.1) is 11.3 Å². The average molecular weight is 289 g/mol. The molecule has 2 atom stereocenters. The van der Waals surface area contributed by atoms with Crippen LogP contribution in [0.4, 0.5) is 0 Å². The van der Waals surface area contributed by atoms with Gasteiger partial charge in [0.2, 0.25) is 0 Å². The maximum atomic E-state index is 6.26. The van der Waals surface area contributed by atoms with Crippen LogP contribution in [0.1, 0.15) is 40.3 Å². The van der Waals surface area contributed by atoms with E-state index >= 15 is 0 Å². The summed E-state index contributed by atoms with van der Waals surface area (Å²) >= 11 is 1.76. The molecule has 0 aliphatic carbocycles. The number of benzene rings is 1. The van der Waals surface area contributed by atoms with Crippen molar-refractivity contribution in [1.29, 1.82) is 0 Å². The zero-order valence-corrected chi connectivity index (χ0v) is 13.5. The molecule has 0 saturated carbocycles. The Morgan fingerprint density at radius 3 is 2.25 bits per heavy atom. The second-order valence-corrected chi connectivity index (χ2v) is 6.70. The van der Waals surface area contributed by atoms with E-state index in [-0.39, 0.29) is 12.1 Å². The Morgan fingerprint density at radius 2 is 1.75 bits per heavy atom. The topological polar surface area (TPSA) is 35.2 Å². The molecule has 108 valence electrons. The van der Waals surface area contributed by atoms with Gasteiger partial charge in [0.05, 0.1) is 0 Å². The van der Waals surface area contributed by atoms with Crippen molar-refractivity contribution in [3.8, 4) is 5.75 Å².